The first kappa shape index (κ1) is 11.6. The molecule has 6 heteroatoms. The quantitative estimate of drug-likeness (QED) is 0.763. The van der Waals surface area contributed by atoms with Gasteiger partial charge in [-0.15, -0.1) is 0 Å². The number of nitrogens with zero attached hydrogens (tertiary/aromatic N) is 3. The molecule has 3 N–H and O–H groups in total. The average Bonchev–Trinajstić information content (AvgIpc) is 2.30. The van der Waals surface area contributed by atoms with Gasteiger partial charge in [-0.05, 0) is 12.8 Å². The van der Waals surface area contributed by atoms with Crippen molar-refractivity contribution in [1.82, 2.24) is 15.3 Å². The zero-order chi connectivity index (χ0) is 12.3. The Bertz CT molecular complexity index is 401. The average molecular weight is 235 g/mol. The predicted octanol–water partition coefficient (Wildman–Crippen LogP) is 0.164. The molecule has 6 nitrogen and oxygen atoms in total. The van der Waals surface area contributed by atoms with Crippen molar-refractivity contribution >= 4 is 17.4 Å². The maximum atomic E-state index is 11.0. The van der Waals surface area contributed by atoms with Crippen molar-refractivity contribution in [2.45, 2.75) is 25.8 Å². The Balaban J connectivity index is 1.95. The summed E-state index contributed by atoms with van der Waals surface area (Å²) in [5.74, 6) is 0.825. The van der Waals surface area contributed by atoms with E-state index in [1.54, 1.807) is 13.1 Å². The number of nitrogen functional groups attached to an aromatic ring is 1. The van der Waals surface area contributed by atoms with Crippen molar-refractivity contribution in [3.05, 3.63) is 12.5 Å². The number of piperidine rings is 1. The Morgan fingerprint density at radius 3 is 2.82 bits per heavy atom. The first-order chi connectivity index (χ1) is 8.16. The van der Waals surface area contributed by atoms with Crippen LogP contribution in [0, 0.1) is 0 Å². The molecule has 2 heterocycles. The molecule has 0 saturated carbocycles. The van der Waals surface area contributed by atoms with Crippen LogP contribution in [-0.4, -0.2) is 35.0 Å². The summed E-state index contributed by atoms with van der Waals surface area (Å²) < 4.78 is 0. The highest BCUT2D eigenvalue weighted by molar-refractivity contribution is 5.73. The topological polar surface area (TPSA) is 84.1 Å². The van der Waals surface area contributed by atoms with Crippen LogP contribution in [0.5, 0.6) is 0 Å². The lowest BCUT2D eigenvalue weighted by molar-refractivity contribution is -0.119. The molecule has 1 amide bonds. The molecule has 0 aromatic carbocycles. The minimum atomic E-state index is 0.0324. The van der Waals surface area contributed by atoms with E-state index >= 15 is 0 Å². The molecule has 1 fully saturated rings. The largest absolute Gasteiger partial charge is 0.394 e. The van der Waals surface area contributed by atoms with Gasteiger partial charge in [0.25, 0.3) is 0 Å². The van der Waals surface area contributed by atoms with Gasteiger partial charge < -0.3 is 16.0 Å². The van der Waals surface area contributed by atoms with Crippen molar-refractivity contribution in [2.75, 3.05) is 23.7 Å². The van der Waals surface area contributed by atoms with Gasteiger partial charge in [0, 0.05) is 26.1 Å². The van der Waals surface area contributed by atoms with E-state index in [0.29, 0.717) is 5.69 Å². The highest BCUT2D eigenvalue weighted by Crippen LogP contribution is 2.22. The molecule has 0 spiro atoms. The van der Waals surface area contributed by atoms with Crippen LogP contribution in [0.25, 0.3) is 0 Å². The van der Waals surface area contributed by atoms with E-state index in [9.17, 15) is 4.79 Å². The molecule has 1 aliphatic rings. The molecular weight excluding hydrogens is 218 g/mol. The van der Waals surface area contributed by atoms with Gasteiger partial charge >= 0.3 is 0 Å². The minimum Gasteiger partial charge on any atom is -0.394 e. The third kappa shape index (κ3) is 2.83. The summed E-state index contributed by atoms with van der Waals surface area (Å²) in [6, 6.07) is 0.270. The molecular formula is C11H17N5O. The number of nitrogens with two attached hydrogens (primary N) is 1. The standard InChI is InChI=1S/C11H17N5O/c1-8(17)15-9-2-4-16(5-3-9)11-10(12)6-13-7-14-11/h6-7,9H,2-5,12H2,1H3,(H,15,17). The van der Waals surface area contributed by atoms with Crippen LogP contribution in [0.15, 0.2) is 12.5 Å². The van der Waals surface area contributed by atoms with Gasteiger partial charge in [0.15, 0.2) is 5.82 Å². The monoisotopic (exact) mass is 235 g/mol. The summed E-state index contributed by atoms with van der Waals surface area (Å²) in [5, 5.41) is 2.94. The second-order valence-corrected chi connectivity index (χ2v) is 4.26. The summed E-state index contributed by atoms with van der Waals surface area (Å²) in [5.41, 5.74) is 6.43. The fourth-order valence-corrected chi connectivity index (χ4v) is 2.12. The van der Waals surface area contributed by atoms with Gasteiger partial charge in [0.1, 0.15) is 6.33 Å². The molecule has 0 atom stereocenters. The molecule has 2 rings (SSSR count). The molecule has 1 aromatic heterocycles. The van der Waals surface area contributed by atoms with Crippen molar-refractivity contribution in [3.8, 4) is 0 Å². The van der Waals surface area contributed by atoms with E-state index in [1.165, 1.54) is 6.33 Å². The number of nitrogens with one attached hydrogen (secondary N) is 1. The number of amides is 1. The first-order valence-corrected chi connectivity index (χ1v) is 5.74. The van der Waals surface area contributed by atoms with Gasteiger partial charge in [-0.1, -0.05) is 0 Å². The van der Waals surface area contributed by atoms with E-state index in [0.717, 1.165) is 31.7 Å². The highest BCUT2D eigenvalue weighted by atomic mass is 16.1. The highest BCUT2D eigenvalue weighted by Gasteiger charge is 2.21. The van der Waals surface area contributed by atoms with Crippen LogP contribution in [0.3, 0.4) is 0 Å². The first-order valence-electron chi connectivity index (χ1n) is 5.74. The summed E-state index contributed by atoms with van der Waals surface area (Å²) in [4.78, 5) is 21.2. The zero-order valence-electron chi connectivity index (χ0n) is 9.89. The SMILES string of the molecule is CC(=O)NC1CCN(c2ncncc2N)CC1. The summed E-state index contributed by atoms with van der Waals surface area (Å²) in [6.45, 7) is 3.26. The maximum absolute atomic E-state index is 11.0. The van der Waals surface area contributed by atoms with Crippen LogP contribution in [0.1, 0.15) is 19.8 Å². The predicted molar refractivity (Wildman–Crippen MR) is 65.5 cm³/mol. The summed E-state index contributed by atoms with van der Waals surface area (Å²) in [6.07, 6.45) is 4.96. The van der Waals surface area contributed by atoms with Gasteiger partial charge in [-0.25, -0.2) is 9.97 Å². The van der Waals surface area contributed by atoms with Gasteiger partial charge in [0.05, 0.1) is 11.9 Å². The second-order valence-electron chi connectivity index (χ2n) is 4.26. The van der Waals surface area contributed by atoms with E-state index in [2.05, 4.69) is 20.2 Å². The molecule has 0 bridgehead atoms. The number of carbonyl (C=O) groups excluding carboxylic acids is 1. The number of carbonyl (C=O) groups is 1. The Hall–Kier alpha value is -1.85. The maximum Gasteiger partial charge on any atom is 0.217 e. The third-order valence-corrected chi connectivity index (χ3v) is 2.92. The molecule has 17 heavy (non-hydrogen) atoms. The Morgan fingerprint density at radius 2 is 2.24 bits per heavy atom. The summed E-state index contributed by atoms with van der Waals surface area (Å²) >= 11 is 0. The van der Waals surface area contributed by atoms with Crippen LogP contribution in [0.4, 0.5) is 11.5 Å². The number of aromatic nitrogens is 2. The molecule has 92 valence electrons. The Morgan fingerprint density at radius 1 is 1.53 bits per heavy atom. The molecule has 0 aliphatic carbocycles. The van der Waals surface area contributed by atoms with Crippen LogP contribution in [-0.2, 0) is 4.79 Å². The number of hydrogen-bond acceptors (Lipinski definition) is 5. The van der Waals surface area contributed by atoms with E-state index in [4.69, 9.17) is 5.73 Å². The van der Waals surface area contributed by atoms with Gasteiger partial charge in [-0.2, -0.15) is 0 Å². The van der Waals surface area contributed by atoms with Crippen molar-refractivity contribution < 1.29 is 4.79 Å². The number of hydrogen-bond donors (Lipinski definition) is 2. The van der Waals surface area contributed by atoms with Crippen LogP contribution >= 0.6 is 0 Å². The second kappa shape index (κ2) is 4.99. The number of rotatable bonds is 2. The molecule has 0 unspecified atom stereocenters. The fourth-order valence-electron chi connectivity index (χ4n) is 2.12. The minimum absolute atomic E-state index is 0.0324. The third-order valence-electron chi connectivity index (χ3n) is 2.92. The van der Waals surface area contributed by atoms with Gasteiger partial charge in [0.2, 0.25) is 5.91 Å². The van der Waals surface area contributed by atoms with E-state index < -0.39 is 0 Å². The fraction of sp³-hybridized carbons (Fsp3) is 0.545. The normalized spacial score (nSPS) is 16.9. The van der Waals surface area contributed by atoms with E-state index in [-0.39, 0.29) is 11.9 Å². The smallest absolute Gasteiger partial charge is 0.217 e. The van der Waals surface area contributed by atoms with Crippen molar-refractivity contribution in [1.29, 1.82) is 0 Å². The molecule has 1 aromatic rings. The van der Waals surface area contributed by atoms with Crippen molar-refractivity contribution in [3.63, 3.8) is 0 Å². The molecule has 1 aliphatic heterocycles. The van der Waals surface area contributed by atoms with E-state index in [1.807, 2.05) is 0 Å². The molecule has 1 saturated heterocycles. The molecule has 0 radical (unpaired) electrons. The lowest BCUT2D eigenvalue weighted by Crippen LogP contribution is -2.44. The van der Waals surface area contributed by atoms with Gasteiger partial charge in [-0.3, -0.25) is 4.79 Å². The van der Waals surface area contributed by atoms with Crippen LogP contribution in [0.2, 0.25) is 0 Å². The lowest BCUT2D eigenvalue weighted by Gasteiger charge is -2.33. The Kier molecular flexibility index (Phi) is 3.41. The number of anilines is 2. The van der Waals surface area contributed by atoms with Crippen LogP contribution < -0.4 is 16.0 Å². The zero-order valence-corrected chi connectivity index (χ0v) is 9.89. The lowest BCUT2D eigenvalue weighted by atomic mass is 10.1. The van der Waals surface area contributed by atoms with Crippen molar-refractivity contribution in [2.24, 2.45) is 0 Å². The Labute approximate surface area is 100 Å². The summed E-state index contributed by atoms with van der Waals surface area (Å²) in [7, 11) is 0.